The van der Waals surface area contributed by atoms with Crippen LogP contribution >= 0.6 is 0 Å². The van der Waals surface area contributed by atoms with E-state index in [9.17, 15) is 0 Å². The standard InChI is InChI=1S/C9H12N2O/c1-12-8-3-2-7-6(9(8)10)4-5-11-7/h2-3,11H,4-5,10H2,1H3. The molecule has 0 amide bonds. The normalized spacial score (nSPS) is 13.8. The van der Waals surface area contributed by atoms with Crippen LogP contribution < -0.4 is 15.8 Å². The number of fused-ring (bicyclic) bond motifs is 1. The molecule has 1 aromatic carbocycles. The molecule has 0 saturated carbocycles. The molecule has 0 radical (unpaired) electrons. The zero-order chi connectivity index (χ0) is 8.55. The Bertz CT molecular complexity index is 310. The number of nitrogens with one attached hydrogen (secondary N) is 1. The van der Waals surface area contributed by atoms with E-state index in [1.54, 1.807) is 7.11 Å². The molecule has 0 atom stereocenters. The molecule has 1 heterocycles. The average molecular weight is 164 g/mol. The van der Waals surface area contributed by atoms with Gasteiger partial charge in [0.25, 0.3) is 0 Å². The van der Waals surface area contributed by atoms with Crippen molar-refractivity contribution in [2.24, 2.45) is 0 Å². The second kappa shape index (κ2) is 2.59. The van der Waals surface area contributed by atoms with Gasteiger partial charge < -0.3 is 15.8 Å². The Balaban J connectivity index is 2.54. The monoisotopic (exact) mass is 164 g/mol. The number of nitrogen functional groups attached to an aromatic ring is 1. The fraction of sp³-hybridized carbons (Fsp3) is 0.333. The SMILES string of the molecule is COc1ccc2c(c1N)CCN2. The van der Waals surface area contributed by atoms with Gasteiger partial charge in [-0.05, 0) is 18.6 Å². The van der Waals surface area contributed by atoms with E-state index in [0.717, 1.165) is 30.1 Å². The number of anilines is 2. The highest BCUT2D eigenvalue weighted by Crippen LogP contribution is 2.34. The van der Waals surface area contributed by atoms with Crippen molar-refractivity contribution in [1.82, 2.24) is 0 Å². The van der Waals surface area contributed by atoms with Gasteiger partial charge in [0.1, 0.15) is 5.75 Å². The first kappa shape index (κ1) is 7.28. The maximum absolute atomic E-state index is 5.88. The minimum atomic E-state index is 0.775. The highest BCUT2D eigenvalue weighted by atomic mass is 16.5. The number of hydrogen-bond acceptors (Lipinski definition) is 3. The van der Waals surface area contributed by atoms with Crippen LogP contribution in [-0.4, -0.2) is 13.7 Å². The van der Waals surface area contributed by atoms with E-state index < -0.39 is 0 Å². The Morgan fingerprint density at radius 2 is 2.33 bits per heavy atom. The predicted octanol–water partition coefficient (Wildman–Crippen LogP) is 1.25. The lowest BCUT2D eigenvalue weighted by Gasteiger charge is -2.08. The summed E-state index contributed by atoms with van der Waals surface area (Å²) in [7, 11) is 1.64. The van der Waals surface area contributed by atoms with Gasteiger partial charge in [-0.3, -0.25) is 0 Å². The molecule has 0 saturated heterocycles. The third-order valence-electron chi connectivity index (χ3n) is 2.23. The van der Waals surface area contributed by atoms with Gasteiger partial charge in [0.05, 0.1) is 12.8 Å². The molecule has 0 unspecified atom stereocenters. The Kier molecular flexibility index (Phi) is 1.57. The second-order valence-corrected chi connectivity index (χ2v) is 2.88. The zero-order valence-corrected chi connectivity index (χ0v) is 7.05. The molecule has 1 aliphatic heterocycles. The van der Waals surface area contributed by atoms with E-state index in [4.69, 9.17) is 10.5 Å². The van der Waals surface area contributed by atoms with E-state index in [0.29, 0.717) is 0 Å². The maximum Gasteiger partial charge on any atom is 0.142 e. The molecule has 3 heteroatoms. The molecular weight excluding hydrogens is 152 g/mol. The van der Waals surface area contributed by atoms with Gasteiger partial charge in [0.2, 0.25) is 0 Å². The Morgan fingerprint density at radius 3 is 3.08 bits per heavy atom. The number of rotatable bonds is 1. The number of methoxy groups -OCH3 is 1. The third-order valence-corrected chi connectivity index (χ3v) is 2.23. The van der Waals surface area contributed by atoms with Crippen molar-refractivity contribution in [3.8, 4) is 5.75 Å². The molecule has 64 valence electrons. The van der Waals surface area contributed by atoms with E-state index in [-0.39, 0.29) is 0 Å². The van der Waals surface area contributed by atoms with Crippen LogP contribution in [0.15, 0.2) is 12.1 Å². The number of hydrogen-bond donors (Lipinski definition) is 2. The zero-order valence-electron chi connectivity index (χ0n) is 7.05. The van der Waals surface area contributed by atoms with Crippen molar-refractivity contribution in [3.63, 3.8) is 0 Å². The lowest BCUT2D eigenvalue weighted by molar-refractivity contribution is 0.417. The van der Waals surface area contributed by atoms with E-state index in [1.165, 1.54) is 5.56 Å². The molecular formula is C9H12N2O. The molecule has 1 aliphatic rings. The second-order valence-electron chi connectivity index (χ2n) is 2.88. The smallest absolute Gasteiger partial charge is 0.142 e. The lowest BCUT2D eigenvalue weighted by Crippen LogP contribution is -1.96. The van der Waals surface area contributed by atoms with Gasteiger partial charge in [0, 0.05) is 17.8 Å². The van der Waals surface area contributed by atoms with Crippen LogP contribution in [0.4, 0.5) is 11.4 Å². The van der Waals surface area contributed by atoms with Gasteiger partial charge in [-0.25, -0.2) is 0 Å². The van der Waals surface area contributed by atoms with Crippen LogP contribution in [-0.2, 0) is 6.42 Å². The molecule has 0 aromatic heterocycles. The van der Waals surface area contributed by atoms with Crippen LogP contribution in [0.5, 0.6) is 5.75 Å². The third kappa shape index (κ3) is 0.897. The summed E-state index contributed by atoms with van der Waals surface area (Å²) in [6.45, 7) is 0.979. The quantitative estimate of drug-likeness (QED) is 0.614. The molecule has 0 fully saturated rings. The fourth-order valence-corrected chi connectivity index (χ4v) is 1.58. The minimum absolute atomic E-state index is 0.775. The van der Waals surface area contributed by atoms with Crippen LogP contribution in [0.2, 0.25) is 0 Å². The molecule has 0 bridgehead atoms. The number of ether oxygens (including phenoxy) is 1. The summed E-state index contributed by atoms with van der Waals surface area (Å²) in [6.07, 6.45) is 0.998. The highest BCUT2D eigenvalue weighted by Gasteiger charge is 2.15. The molecule has 12 heavy (non-hydrogen) atoms. The van der Waals surface area contributed by atoms with Crippen LogP contribution in [0, 0.1) is 0 Å². The Morgan fingerprint density at radius 1 is 1.50 bits per heavy atom. The maximum atomic E-state index is 5.88. The van der Waals surface area contributed by atoms with Crippen LogP contribution in [0.3, 0.4) is 0 Å². The first-order valence-corrected chi connectivity index (χ1v) is 4.02. The summed E-state index contributed by atoms with van der Waals surface area (Å²) >= 11 is 0. The summed E-state index contributed by atoms with van der Waals surface area (Å²) in [5, 5.41) is 3.26. The Hall–Kier alpha value is -1.38. The van der Waals surface area contributed by atoms with Gasteiger partial charge in [-0.1, -0.05) is 0 Å². The van der Waals surface area contributed by atoms with Crippen molar-refractivity contribution < 1.29 is 4.74 Å². The number of nitrogens with two attached hydrogens (primary N) is 1. The van der Waals surface area contributed by atoms with E-state index in [1.807, 2.05) is 12.1 Å². The van der Waals surface area contributed by atoms with Crippen molar-refractivity contribution in [1.29, 1.82) is 0 Å². The summed E-state index contributed by atoms with van der Waals surface area (Å²) in [5.74, 6) is 0.775. The van der Waals surface area contributed by atoms with Crippen molar-refractivity contribution in [2.75, 3.05) is 24.7 Å². The van der Waals surface area contributed by atoms with Crippen molar-refractivity contribution >= 4 is 11.4 Å². The summed E-state index contributed by atoms with van der Waals surface area (Å²) in [4.78, 5) is 0. The van der Waals surface area contributed by atoms with E-state index in [2.05, 4.69) is 5.32 Å². The topological polar surface area (TPSA) is 47.3 Å². The molecule has 2 rings (SSSR count). The van der Waals surface area contributed by atoms with E-state index >= 15 is 0 Å². The van der Waals surface area contributed by atoms with Crippen molar-refractivity contribution in [3.05, 3.63) is 17.7 Å². The number of benzene rings is 1. The summed E-state index contributed by atoms with van der Waals surface area (Å²) in [5.41, 5.74) is 8.99. The summed E-state index contributed by atoms with van der Waals surface area (Å²) < 4.78 is 5.12. The van der Waals surface area contributed by atoms with Crippen molar-refractivity contribution in [2.45, 2.75) is 6.42 Å². The van der Waals surface area contributed by atoms with Gasteiger partial charge in [0.15, 0.2) is 0 Å². The largest absolute Gasteiger partial charge is 0.495 e. The highest BCUT2D eigenvalue weighted by molar-refractivity contribution is 5.72. The van der Waals surface area contributed by atoms with Gasteiger partial charge in [-0.15, -0.1) is 0 Å². The predicted molar refractivity (Wildman–Crippen MR) is 49.6 cm³/mol. The minimum Gasteiger partial charge on any atom is -0.495 e. The van der Waals surface area contributed by atoms with Crippen LogP contribution in [0.1, 0.15) is 5.56 Å². The first-order valence-electron chi connectivity index (χ1n) is 4.02. The lowest BCUT2D eigenvalue weighted by atomic mass is 10.1. The average Bonchev–Trinajstić information content (AvgIpc) is 2.53. The van der Waals surface area contributed by atoms with Gasteiger partial charge in [-0.2, -0.15) is 0 Å². The van der Waals surface area contributed by atoms with Crippen LogP contribution in [0.25, 0.3) is 0 Å². The van der Waals surface area contributed by atoms with Gasteiger partial charge >= 0.3 is 0 Å². The first-order chi connectivity index (χ1) is 5.83. The Labute approximate surface area is 71.5 Å². The molecule has 0 spiro atoms. The summed E-state index contributed by atoms with van der Waals surface area (Å²) in [6, 6.07) is 3.91. The molecule has 3 nitrogen and oxygen atoms in total. The molecule has 3 N–H and O–H groups in total. The fourth-order valence-electron chi connectivity index (χ4n) is 1.58. The molecule has 1 aromatic rings. The molecule has 0 aliphatic carbocycles.